The molecule has 0 radical (unpaired) electrons. The van der Waals surface area contributed by atoms with Gasteiger partial charge in [0.1, 0.15) is 9.20 Å². The molecule has 0 fully saturated rings. The highest BCUT2D eigenvalue weighted by Crippen LogP contribution is 2.21. The van der Waals surface area contributed by atoms with Crippen LogP contribution in [0.1, 0.15) is 18.2 Å². The van der Waals surface area contributed by atoms with Gasteiger partial charge in [-0.1, -0.05) is 12.2 Å². The first-order valence-corrected chi connectivity index (χ1v) is 9.38. The first kappa shape index (κ1) is 15.9. The average molecular weight is 325 g/mol. The van der Waals surface area contributed by atoms with Crippen molar-refractivity contribution in [3.8, 4) is 0 Å². The molecule has 0 aromatic carbocycles. The van der Waals surface area contributed by atoms with Crippen LogP contribution in [0.4, 0.5) is 0 Å². The molecule has 1 rings (SSSR count). The Hall–Kier alpha value is -0.150. The molecule has 0 aliphatic heterocycles. The number of nitrogens with one attached hydrogen (secondary N) is 1. The number of hydrogen-bond donors (Lipinski definition) is 2. The average Bonchev–Trinajstić information content (AvgIpc) is 2.75. The lowest BCUT2D eigenvalue weighted by molar-refractivity contribution is 0.559. The summed E-state index contributed by atoms with van der Waals surface area (Å²) in [4.78, 5) is 0.832. The third kappa shape index (κ3) is 4.51. The molecule has 8 heteroatoms. The van der Waals surface area contributed by atoms with E-state index in [-0.39, 0.29) is 15.2 Å². The van der Waals surface area contributed by atoms with Gasteiger partial charge in [0.2, 0.25) is 10.0 Å². The Bertz CT molecular complexity index is 510. The fourth-order valence-corrected chi connectivity index (χ4v) is 4.51. The molecule has 4 nitrogen and oxygen atoms in total. The van der Waals surface area contributed by atoms with E-state index in [0.29, 0.717) is 4.88 Å². The van der Waals surface area contributed by atoms with Gasteiger partial charge in [0.05, 0.1) is 4.88 Å². The summed E-state index contributed by atoms with van der Waals surface area (Å²) in [6.45, 7) is 1.86. The fourth-order valence-electron chi connectivity index (χ4n) is 1.27. The number of thiophene rings is 1. The summed E-state index contributed by atoms with van der Waals surface area (Å²) in [5.41, 5.74) is 5.46. The molecule has 0 aliphatic rings. The summed E-state index contributed by atoms with van der Waals surface area (Å²) in [6.07, 6.45) is 2.79. The molecule has 0 saturated carbocycles. The molecular weight excluding hydrogens is 308 g/mol. The second-order valence-electron chi connectivity index (χ2n) is 3.79. The van der Waals surface area contributed by atoms with Crippen LogP contribution in [-0.4, -0.2) is 31.5 Å². The van der Waals surface area contributed by atoms with Crippen molar-refractivity contribution in [3.05, 3.63) is 17.0 Å². The van der Waals surface area contributed by atoms with Crippen LogP contribution in [0.2, 0.25) is 0 Å². The molecule has 0 spiro atoms. The molecule has 0 bridgehead atoms. The molecule has 3 N–H and O–H groups in total. The summed E-state index contributed by atoms with van der Waals surface area (Å²) in [7, 11) is -3.46. The first-order valence-electron chi connectivity index (χ1n) is 5.27. The monoisotopic (exact) mass is 324 g/mol. The van der Waals surface area contributed by atoms with Crippen molar-refractivity contribution in [2.45, 2.75) is 23.6 Å². The second-order valence-corrected chi connectivity index (χ2v) is 8.24. The van der Waals surface area contributed by atoms with Gasteiger partial charge in [-0.15, -0.1) is 11.3 Å². The number of nitrogens with two attached hydrogens (primary N) is 1. The van der Waals surface area contributed by atoms with Crippen molar-refractivity contribution in [3.63, 3.8) is 0 Å². The summed E-state index contributed by atoms with van der Waals surface area (Å²) >= 11 is 7.60. The van der Waals surface area contributed by atoms with E-state index < -0.39 is 10.0 Å². The molecule has 1 atom stereocenters. The summed E-state index contributed by atoms with van der Waals surface area (Å²) in [5, 5.41) is 0. The van der Waals surface area contributed by atoms with Crippen LogP contribution >= 0.6 is 35.3 Å². The molecule has 18 heavy (non-hydrogen) atoms. The smallest absolute Gasteiger partial charge is 0.250 e. The van der Waals surface area contributed by atoms with E-state index >= 15 is 0 Å². The maximum atomic E-state index is 12.1. The van der Waals surface area contributed by atoms with E-state index in [9.17, 15) is 8.42 Å². The van der Waals surface area contributed by atoms with Crippen LogP contribution in [0, 0.1) is 0 Å². The Morgan fingerprint density at radius 1 is 1.61 bits per heavy atom. The van der Waals surface area contributed by atoms with Gasteiger partial charge in [-0.25, -0.2) is 13.1 Å². The van der Waals surface area contributed by atoms with Crippen molar-refractivity contribution in [2.75, 3.05) is 12.0 Å². The van der Waals surface area contributed by atoms with Gasteiger partial charge in [0.15, 0.2) is 0 Å². The van der Waals surface area contributed by atoms with Gasteiger partial charge in [-0.2, -0.15) is 11.8 Å². The predicted molar refractivity (Wildman–Crippen MR) is 83.0 cm³/mol. The minimum absolute atomic E-state index is 0.0853. The fraction of sp³-hybridized carbons (Fsp3) is 0.500. The second kappa shape index (κ2) is 6.85. The van der Waals surface area contributed by atoms with E-state index in [1.807, 2.05) is 13.2 Å². The highest BCUT2D eigenvalue weighted by Gasteiger charge is 2.19. The zero-order valence-electron chi connectivity index (χ0n) is 10.2. The quantitative estimate of drug-likeness (QED) is 0.748. The molecule has 1 aromatic rings. The van der Waals surface area contributed by atoms with Gasteiger partial charge in [0.25, 0.3) is 0 Å². The number of sulfonamides is 1. The van der Waals surface area contributed by atoms with E-state index in [0.717, 1.165) is 23.5 Å². The van der Waals surface area contributed by atoms with Gasteiger partial charge < -0.3 is 5.73 Å². The Morgan fingerprint density at radius 2 is 2.28 bits per heavy atom. The van der Waals surface area contributed by atoms with E-state index in [1.165, 1.54) is 6.07 Å². The van der Waals surface area contributed by atoms with E-state index in [1.54, 1.807) is 17.8 Å². The van der Waals surface area contributed by atoms with Crippen LogP contribution in [0.3, 0.4) is 0 Å². The molecule has 1 aromatic heterocycles. The lowest BCUT2D eigenvalue weighted by Crippen LogP contribution is -2.32. The first-order chi connectivity index (χ1) is 8.36. The molecule has 1 heterocycles. The minimum Gasteiger partial charge on any atom is -0.389 e. The number of thiocarbonyl (C=S) groups is 1. The van der Waals surface area contributed by atoms with E-state index in [4.69, 9.17) is 18.0 Å². The van der Waals surface area contributed by atoms with Gasteiger partial charge in [-0.05, 0) is 37.5 Å². The molecule has 0 saturated heterocycles. The Morgan fingerprint density at radius 3 is 2.78 bits per heavy atom. The van der Waals surface area contributed by atoms with Crippen molar-refractivity contribution < 1.29 is 8.42 Å². The highest BCUT2D eigenvalue weighted by molar-refractivity contribution is 7.98. The van der Waals surface area contributed by atoms with Crippen LogP contribution in [0.5, 0.6) is 0 Å². The van der Waals surface area contributed by atoms with Crippen LogP contribution in [-0.2, 0) is 10.0 Å². The third-order valence-corrected chi connectivity index (χ3v) is 6.39. The lowest BCUT2D eigenvalue weighted by atomic mass is 10.3. The molecule has 0 amide bonds. The molecular formula is C10H16N2O2S4. The summed E-state index contributed by atoms with van der Waals surface area (Å²) in [5.74, 6) is 0.923. The Kier molecular flexibility index (Phi) is 6.06. The van der Waals surface area contributed by atoms with Crippen LogP contribution < -0.4 is 10.5 Å². The van der Waals surface area contributed by atoms with Gasteiger partial charge >= 0.3 is 0 Å². The summed E-state index contributed by atoms with van der Waals surface area (Å²) < 4.78 is 27.0. The normalized spacial score (nSPS) is 13.4. The third-order valence-electron chi connectivity index (χ3n) is 2.20. The van der Waals surface area contributed by atoms with E-state index in [2.05, 4.69) is 4.72 Å². The maximum Gasteiger partial charge on any atom is 0.250 e. The lowest BCUT2D eigenvalue weighted by Gasteiger charge is -2.12. The maximum absolute atomic E-state index is 12.1. The largest absolute Gasteiger partial charge is 0.389 e. The Labute approximate surface area is 121 Å². The number of thioether (sulfide) groups is 1. The zero-order valence-corrected chi connectivity index (χ0v) is 13.4. The van der Waals surface area contributed by atoms with Crippen molar-refractivity contribution in [2.24, 2.45) is 5.73 Å². The standard InChI is InChI=1S/C10H16N2O2S4/c1-7(5-6-16-2)12-18(13,14)9-4-3-8(17-9)10(11)15/h3-4,7,12H,5-6H2,1-2H3,(H2,11,15). The Balaban J connectivity index is 2.76. The minimum atomic E-state index is -3.46. The van der Waals surface area contributed by atoms with Crippen molar-refractivity contribution in [1.82, 2.24) is 4.72 Å². The molecule has 1 unspecified atom stereocenters. The SMILES string of the molecule is CSCCC(C)NS(=O)(=O)c1ccc(C(N)=S)s1. The van der Waals surface area contributed by atoms with Gasteiger partial charge in [-0.3, -0.25) is 0 Å². The number of hydrogen-bond acceptors (Lipinski definition) is 5. The van der Waals surface area contributed by atoms with Crippen molar-refractivity contribution >= 4 is 50.3 Å². The zero-order chi connectivity index (χ0) is 13.8. The highest BCUT2D eigenvalue weighted by atomic mass is 32.2. The van der Waals surface area contributed by atoms with Crippen LogP contribution in [0.25, 0.3) is 0 Å². The van der Waals surface area contributed by atoms with Crippen molar-refractivity contribution in [1.29, 1.82) is 0 Å². The van der Waals surface area contributed by atoms with Crippen LogP contribution in [0.15, 0.2) is 16.3 Å². The van der Waals surface area contributed by atoms with Gasteiger partial charge in [0, 0.05) is 6.04 Å². The molecule has 102 valence electrons. The topological polar surface area (TPSA) is 72.2 Å². The summed E-state index contributed by atoms with van der Waals surface area (Å²) in [6, 6.07) is 3.08. The molecule has 0 aliphatic carbocycles. The predicted octanol–water partition coefficient (Wildman–Crippen LogP) is 1.80. The number of rotatable bonds is 7.